The standard InChI is InChI=1S/C15H25N3O2/c1-5-20-14-7-6-13(8-11(14)2)9-17-15(16)18-12(3)10-19-4/h6-8,12H,5,9-10H2,1-4H3,(H3,16,17,18). The van der Waals surface area contributed by atoms with E-state index < -0.39 is 0 Å². The van der Waals surface area contributed by atoms with E-state index in [1.165, 1.54) is 0 Å². The lowest BCUT2D eigenvalue weighted by Crippen LogP contribution is -2.40. The number of guanidine groups is 1. The molecule has 1 aromatic rings. The number of nitrogens with two attached hydrogens (primary N) is 1. The van der Waals surface area contributed by atoms with Gasteiger partial charge in [0, 0.05) is 13.2 Å². The highest BCUT2D eigenvalue weighted by molar-refractivity contribution is 5.78. The van der Waals surface area contributed by atoms with E-state index >= 15 is 0 Å². The van der Waals surface area contributed by atoms with Crippen LogP contribution in [0.25, 0.3) is 0 Å². The lowest BCUT2D eigenvalue weighted by atomic mass is 10.1. The Morgan fingerprint density at radius 3 is 2.80 bits per heavy atom. The first-order valence-electron chi connectivity index (χ1n) is 6.84. The van der Waals surface area contributed by atoms with Crippen LogP contribution in [-0.4, -0.2) is 32.3 Å². The van der Waals surface area contributed by atoms with Crippen molar-refractivity contribution in [2.24, 2.45) is 10.7 Å². The van der Waals surface area contributed by atoms with Crippen molar-refractivity contribution in [1.29, 1.82) is 0 Å². The molecule has 0 heterocycles. The molecule has 0 aliphatic rings. The van der Waals surface area contributed by atoms with Crippen molar-refractivity contribution in [3.8, 4) is 5.75 Å². The summed E-state index contributed by atoms with van der Waals surface area (Å²) < 4.78 is 10.5. The number of hydrogen-bond acceptors (Lipinski definition) is 3. The summed E-state index contributed by atoms with van der Waals surface area (Å²) in [7, 11) is 1.66. The van der Waals surface area contributed by atoms with Crippen molar-refractivity contribution in [3.05, 3.63) is 29.3 Å². The van der Waals surface area contributed by atoms with Crippen LogP contribution in [0.1, 0.15) is 25.0 Å². The molecule has 5 heteroatoms. The topological polar surface area (TPSA) is 68.9 Å². The van der Waals surface area contributed by atoms with Gasteiger partial charge in [0.25, 0.3) is 0 Å². The summed E-state index contributed by atoms with van der Waals surface area (Å²) in [6.07, 6.45) is 0. The van der Waals surface area contributed by atoms with Gasteiger partial charge in [-0.1, -0.05) is 12.1 Å². The van der Waals surface area contributed by atoms with Gasteiger partial charge >= 0.3 is 0 Å². The lowest BCUT2D eigenvalue weighted by molar-refractivity contribution is 0.179. The highest BCUT2D eigenvalue weighted by Gasteiger charge is 2.03. The fourth-order valence-corrected chi connectivity index (χ4v) is 1.89. The Bertz CT molecular complexity index is 447. The second-order valence-electron chi connectivity index (χ2n) is 4.74. The normalized spacial score (nSPS) is 13.1. The molecule has 0 aromatic heterocycles. The zero-order chi connectivity index (χ0) is 15.0. The molecule has 112 valence electrons. The van der Waals surface area contributed by atoms with Gasteiger partial charge in [0.15, 0.2) is 5.96 Å². The van der Waals surface area contributed by atoms with E-state index in [-0.39, 0.29) is 6.04 Å². The largest absolute Gasteiger partial charge is 0.494 e. The summed E-state index contributed by atoms with van der Waals surface area (Å²) in [6, 6.07) is 6.19. The van der Waals surface area contributed by atoms with Crippen molar-refractivity contribution in [1.82, 2.24) is 5.32 Å². The van der Waals surface area contributed by atoms with E-state index in [0.29, 0.717) is 25.7 Å². The Kier molecular flexibility index (Phi) is 6.87. The van der Waals surface area contributed by atoms with Crippen LogP contribution >= 0.6 is 0 Å². The SMILES string of the molecule is CCOc1ccc(CN=C(N)NC(C)COC)cc1C. The summed E-state index contributed by atoms with van der Waals surface area (Å²) in [5.41, 5.74) is 8.04. The molecule has 0 bridgehead atoms. The highest BCUT2D eigenvalue weighted by Crippen LogP contribution is 2.19. The monoisotopic (exact) mass is 279 g/mol. The molecule has 0 fully saturated rings. The maximum Gasteiger partial charge on any atom is 0.189 e. The zero-order valence-electron chi connectivity index (χ0n) is 12.8. The van der Waals surface area contributed by atoms with E-state index in [1.807, 2.05) is 32.9 Å². The molecular weight excluding hydrogens is 254 g/mol. The molecule has 0 amide bonds. The van der Waals surface area contributed by atoms with Crippen LogP contribution in [0.2, 0.25) is 0 Å². The van der Waals surface area contributed by atoms with Gasteiger partial charge in [0.05, 0.1) is 19.8 Å². The molecule has 20 heavy (non-hydrogen) atoms. The van der Waals surface area contributed by atoms with Gasteiger partial charge in [-0.3, -0.25) is 0 Å². The van der Waals surface area contributed by atoms with Crippen molar-refractivity contribution in [3.63, 3.8) is 0 Å². The first kappa shape index (κ1) is 16.3. The number of aryl methyl sites for hydroxylation is 1. The van der Waals surface area contributed by atoms with Crippen molar-refractivity contribution >= 4 is 5.96 Å². The minimum absolute atomic E-state index is 0.144. The molecule has 0 saturated carbocycles. The van der Waals surface area contributed by atoms with Crippen LogP contribution in [0.4, 0.5) is 0 Å². The lowest BCUT2D eigenvalue weighted by Gasteiger charge is -2.13. The molecule has 1 aromatic carbocycles. The molecule has 0 aliphatic carbocycles. The van der Waals surface area contributed by atoms with Gasteiger partial charge in [-0.25, -0.2) is 4.99 Å². The summed E-state index contributed by atoms with van der Waals surface area (Å²) >= 11 is 0. The number of benzene rings is 1. The number of ether oxygens (including phenoxy) is 2. The van der Waals surface area contributed by atoms with Gasteiger partial charge in [-0.05, 0) is 38.0 Å². The van der Waals surface area contributed by atoms with Crippen LogP contribution < -0.4 is 15.8 Å². The van der Waals surface area contributed by atoms with Crippen LogP contribution in [-0.2, 0) is 11.3 Å². The van der Waals surface area contributed by atoms with Crippen molar-refractivity contribution < 1.29 is 9.47 Å². The van der Waals surface area contributed by atoms with Gasteiger partial charge in [0.2, 0.25) is 0 Å². The van der Waals surface area contributed by atoms with Crippen LogP contribution in [0, 0.1) is 6.92 Å². The van der Waals surface area contributed by atoms with E-state index in [4.69, 9.17) is 15.2 Å². The smallest absolute Gasteiger partial charge is 0.189 e. The summed E-state index contributed by atoms with van der Waals surface area (Å²) in [6.45, 7) is 7.81. The zero-order valence-corrected chi connectivity index (χ0v) is 12.8. The molecule has 0 saturated heterocycles. The predicted molar refractivity (Wildman–Crippen MR) is 82.1 cm³/mol. The number of nitrogens with one attached hydrogen (secondary N) is 1. The van der Waals surface area contributed by atoms with E-state index in [0.717, 1.165) is 16.9 Å². The molecule has 5 nitrogen and oxygen atoms in total. The summed E-state index contributed by atoms with van der Waals surface area (Å²) in [5, 5.41) is 3.08. The Morgan fingerprint density at radius 2 is 2.20 bits per heavy atom. The van der Waals surface area contributed by atoms with E-state index in [2.05, 4.69) is 16.4 Å². The summed E-state index contributed by atoms with van der Waals surface area (Å²) in [4.78, 5) is 4.32. The van der Waals surface area contributed by atoms with Gasteiger partial charge in [-0.2, -0.15) is 0 Å². The molecule has 1 unspecified atom stereocenters. The molecule has 0 radical (unpaired) electrons. The van der Waals surface area contributed by atoms with E-state index in [9.17, 15) is 0 Å². The van der Waals surface area contributed by atoms with Gasteiger partial charge < -0.3 is 20.5 Å². The second kappa shape index (κ2) is 8.43. The minimum atomic E-state index is 0.144. The fourth-order valence-electron chi connectivity index (χ4n) is 1.89. The third-order valence-corrected chi connectivity index (χ3v) is 2.78. The predicted octanol–water partition coefficient (Wildman–Crippen LogP) is 1.83. The number of hydrogen-bond donors (Lipinski definition) is 2. The molecule has 0 spiro atoms. The van der Waals surface area contributed by atoms with Crippen LogP contribution in [0.3, 0.4) is 0 Å². The van der Waals surface area contributed by atoms with Gasteiger partial charge in [0.1, 0.15) is 5.75 Å². The third kappa shape index (κ3) is 5.48. The number of aliphatic imine (C=N–C) groups is 1. The Labute approximate surface area is 121 Å². The van der Waals surface area contributed by atoms with Crippen LogP contribution in [0.15, 0.2) is 23.2 Å². The Balaban J connectivity index is 2.58. The maximum atomic E-state index is 5.83. The Hall–Kier alpha value is -1.75. The quantitative estimate of drug-likeness (QED) is 0.590. The second-order valence-corrected chi connectivity index (χ2v) is 4.74. The average molecular weight is 279 g/mol. The van der Waals surface area contributed by atoms with E-state index in [1.54, 1.807) is 7.11 Å². The number of rotatable bonds is 7. The van der Waals surface area contributed by atoms with Crippen molar-refractivity contribution in [2.75, 3.05) is 20.3 Å². The van der Waals surface area contributed by atoms with Crippen LogP contribution in [0.5, 0.6) is 5.75 Å². The fraction of sp³-hybridized carbons (Fsp3) is 0.533. The molecule has 1 rings (SSSR count). The maximum absolute atomic E-state index is 5.83. The van der Waals surface area contributed by atoms with Gasteiger partial charge in [-0.15, -0.1) is 0 Å². The number of methoxy groups -OCH3 is 1. The Morgan fingerprint density at radius 1 is 1.45 bits per heavy atom. The first-order chi connectivity index (χ1) is 9.56. The number of nitrogens with zero attached hydrogens (tertiary/aromatic N) is 1. The third-order valence-electron chi connectivity index (χ3n) is 2.78. The first-order valence-corrected chi connectivity index (χ1v) is 6.84. The molecule has 1 atom stereocenters. The average Bonchev–Trinajstić information content (AvgIpc) is 2.39. The minimum Gasteiger partial charge on any atom is -0.494 e. The summed E-state index contributed by atoms with van der Waals surface area (Å²) in [5.74, 6) is 1.35. The molecule has 0 aliphatic heterocycles. The molecular formula is C15H25N3O2. The van der Waals surface area contributed by atoms with Crippen molar-refractivity contribution in [2.45, 2.75) is 33.4 Å². The highest BCUT2D eigenvalue weighted by atomic mass is 16.5. The molecule has 3 N–H and O–H groups in total.